The minimum absolute atomic E-state index is 0.122. The standard InChI is InChI=1S/C15H19BrN2O4/c1-10(2)18(7-6-14(20)21)13(19)9-17-15(22)11-4-3-5-12(16)8-11/h3-5,8,10H,6-7,9H2,1-2H3,(H,17,22)(H,20,21). The summed E-state index contributed by atoms with van der Waals surface area (Å²) in [7, 11) is 0. The molecule has 0 atom stereocenters. The molecule has 0 unspecified atom stereocenters. The SMILES string of the molecule is CC(C)N(CCC(=O)O)C(=O)CNC(=O)c1cccc(Br)c1. The lowest BCUT2D eigenvalue weighted by Gasteiger charge is -2.26. The number of aliphatic carboxylic acids is 1. The van der Waals surface area contributed by atoms with Gasteiger partial charge in [-0.2, -0.15) is 0 Å². The Hall–Kier alpha value is -1.89. The molecule has 120 valence electrons. The molecule has 1 rings (SSSR count). The number of carboxylic acids is 1. The van der Waals surface area contributed by atoms with Crippen molar-refractivity contribution in [2.24, 2.45) is 0 Å². The van der Waals surface area contributed by atoms with Gasteiger partial charge in [-0.25, -0.2) is 0 Å². The number of halogens is 1. The Labute approximate surface area is 137 Å². The molecular formula is C15H19BrN2O4. The van der Waals surface area contributed by atoms with Gasteiger partial charge in [-0.3, -0.25) is 14.4 Å². The highest BCUT2D eigenvalue weighted by atomic mass is 79.9. The summed E-state index contributed by atoms with van der Waals surface area (Å²) in [5, 5.41) is 11.3. The number of hydrogen-bond acceptors (Lipinski definition) is 3. The third kappa shape index (κ3) is 5.85. The Kier molecular flexibility index (Phi) is 7.04. The maximum absolute atomic E-state index is 12.1. The first-order valence-electron chi connectivity index (χ1n) is 6.86. The van der Waals surface area contributed by atoms with Gasteiger partial charge in [-0.05, 0) is 32.0 Å². The normalized spacial score (nSPS) is 10.4. The average Bonchev–Trinajstić information content (AvgIpc) is 2.44. The number of benzene rings is 1. The molecule has 0 saturated heterocycles. The highest BCUT2D eigenvalue weighted by Gasteiger charge is 2.18. The second kappa shape index (κ2) is 8.53. The van der Waals surface area contributed by atoms with Crippen LogP contribution in [0.3, 0.4) is 0 Å². The fourth-order valence-corrected chi connectivity index (χ4v) is 2.28. The van der Waals surface area contributed by atoms with Crippen LogP contribution in [-0.4, -0.2) is 46.9 Å². The predicted molar refractivity (Wildman–Crippen MR) is 85.6 cm³/mol. The van der Waals surface area contributed by atoms with Gasteiger partial charge in [-0.15, -0.1) is 0 Å². The summed E-state index contributed by atoms with van der Waals surface area (Å²) in [6.45, 7) is 3.56. The van der Waals surface area contributed by atoms with Crippen LogP contribution in [0.15, 0.2) is 28.7 Å². The fourth-order valence-electron chi connectivity index (χ4n) is 1.88. The lowest BCUT2D eigenvalue weighted by molar-refractivity contribution is -0.138. The van der Waals surface area contributed by atoms with E-state index in [0.29, 0.717) is 5.56 Å². The number of nitrogens with zero attached hydrogens (tertiary/aromatic N) is 1. The van der Waals surface area contributed by atoms with Gasteiger partial charge in [0, 0.05) is 22.6 Å². The minimum atomic E-state index is -0.961. The van der Waals surface area contributed by atoms with Crippen LogP contribution >= 0.6 is 15.9 Å². The first kappa shape index (κ1) is 18.2. The molecule has 0 spiro atoms. The number of nitrogens with one attached hydrogen (secondary N) is 1. The average molecular weight is 371 g/mol. The quantitative estimate of drug-likeness (QED) is 0.767. The predicted octanol–water partition coefficient (Wildman–Crippen LogP) is 1.89. The first-order chi connectivity index (χ1) is 10.3. The van der Waals surface area contributed by atoms with Crippen LogP contribution < -0.4 is 5.32 Å². The molecule has 0 aromatic heterocycles. The van der Waals surface area contributed by atoms with Crippen LogP contribution in [0.1, 0.15) is 30.6 Å². The highest BCUT2D eigenvalue weighted by molar-refractivity contribution is 9.10. The number of carbonyl (C=O) groups excluding carboxylic acids is 2. The lowest BCUT2D eigenvalue weighted by atomic mass is 10.2. The number of rotatable bonds is 7. The molecule has 7 heteroatoms. The zero-order valence-corrected chi connectivity index (χ0v) is 14.1. The molecule has 0 saturated carbocycles. The molecule has 22 heavy (non-hydrogen) atoms. The largest absolute Gasteiger partial charge is 0.481 e. The van der Waals surface area contributed by atoms with Crippen molar-refractivity contribution in [3.8, 4) is 0 Å². The molecule has 0 aliphatic rings. The van der Waals surface area contributed by atoms with Crippen LogP contribution in [0.4, 0.5) is 0 Å². The summed E-state index contributed by atoms with van der Waals surface area (Å²) in [5.41, 5.74) is 0.448. The molecule has 0 bridgehead atoms. The summed E-state index contributed by atoms with van der Waals surface area (Å²) < 4.78 is 0.775. The third-order valence-electron chi connectivity index (χ3n) is 3.00. The van der Waals surface area contributed by atoms with Crippen molar-refractivity contribution >= 4 is 33.7 Å². The summed E-state index contributed by atoms with van der Waals surface area (Å²) in [4.78, 5) is 36.1. The van der Waals surface area contributed by atoms with E-state index in [1.807, 2.05) is 0 Å². The van der Waals surface area contributed by atoms with Crippen molar-refractivity contribution in [2.75, 3.05) is 13.1 Å². The lowest BCUT2D eigenvalue weighted by Crippen LogP contribution is -2.44. The second-order valence-electron chi connectivity index (χ2n) is 5.02. The summed E-state index contributed by atoms with van der Waals surface area (Å²) in [5.74, 6) is -1.62. The molecule has 2 N–H and O–H groups in total. The molecule has 0 heterocycles. The topological polar surface area (TPSA) is 86.7 Å². The number of carbonyl (C=O) groups is 3. The van der Waals surface area contributed by atoms with Crippen molar-refractivity contribution < 1.29 is 19.5 Å². The molecule has 0 aliphatic heterocycles. The van der Waals surface area contributed by atoms with Gasteiger partial charge in [0.1, 0.15) is 0 Å². The molecule has 6 nitrogen and oxygen atoms in total. The van der Waals surface area contributed by atoms with Crippen LogP contribution in [0, 0.1) is 0 Å². The van der Waals surface area contributed by atoms with Crippen LogP contribution in [0.25, 0.3) is 0 Å². The number of hydrogen-bond donors (Lipinski definition) is 2. The van der Waals surface area contributed by atoms with Crippen LogP contribution in [-0.2, 0) is 9.59 Å². The number of amides is 2. The van der Waals surface area contributed by atoms with Gasteiger partial charge in [0.2, 0.25) is 5.91 Å². The smallest absolute Gasteiger partial charge is 0.305 e. The Morgan fingerprint density at radius 3 is 2.55 bits per heavy atom. The van der Waals surface area contributed by atoms with E-state index in [0.717, 1.165) is 4.47 Å². The Balaban J connectivity index is 2.59. The monoisotopic (exact) mass is 370 g/mol. The molecule has 1 aromatic rings. The summed E-state index contributed by atoms with van der Waals surface area (Å²) in [6, 6.07) is 6.71. The van der Waals surface area contributed by atoms with E-state index < -0.39 is 5.97 Å². The summed E-state index contributed by atoms with van der Waals surface area (Å²) in [6.07, 6.45) is -0.122. The Bertz CT molecular complexity index is 560. The van der Waals surface area contributed by atoms with Crippen molar-refractivity contribution in [1.29, 1.82) is 0 Å². The molecule has 1 aromatic carbocycles. The highest BCUT2D eigenvalue weighted by Crippen LogP contribution is 2.11. The van der Waals surface area contributed by atoms with Crippen LogP contribution in [0.2, 0.25) is 0 Å². The van der Waals surface area contributed by atoms with E-state index in [4.69, 9.17) is 5.11 Å². The Morgan fingerprint density at radius 1 is 1.32 bits per heavy atom. The molecule has 0 aliphatic carbocycles. The maximum atomic E-state index is 12.1. The zero-order valence-electron chi connectivity index (χ0n) is 12.5. The van der Waals surface area contributed by atoms with Gasteiger partial charge in [0.15, 0.2) is 0 Å². The van der Waals surface area contributed by atoms with E-state index in [1.165, 1.54) is 4.90 Å². The first-order valence-corrected chi connectivity index (χ1v) is 7.65. The van der Waals surface area contributed by atoms with E-state index in [-0.39, 0.29) is 37.4 Å². The van der Waals surface area contributed by atoms with Gasteiger partial charge in [-0.1, -0.05) is 22.0 Å². The van der Waals surface area contributed by atoms with E-state index in [9.17, 15) is 14.4 Å². The molecule has 2 amide bonds. The minimum Gasteiger partial charge on any atom is -0.481 e. The van der Waals surface area contributed by atoms with Crippen molar-refractivity contribution in [1.82, 2.24) is 10.2 Å². The Morgan fingerprint density at radius 2 is 2.00 bits per heavy atom. The fraction of sp³-hybridized carbons (Fsp3) is 0.400. The maximum Gasteiger partial charge on any atom is 0.305 e. The third-order valence-corrected chi connectivity index (χ3v) is 3.49. The van der Waals surface area contributed by atoms with E-state index in [2.05, 4.69) is 21.2 Å². The molecule has 0 radical (unpaired) electrons. The van der Waals surface area contributed by atoms with Crippen molar-refractivity contribution in [2.45, 2.75) is 26.3 Å². The number of carboxylic acid groups (broad SMARTS) is 1. The second-order valence-corrected chi connectivity index (χ2v) is 5.93. The van der Waals surface area contributed by atoms with Gasteiger partial charge in [0.05, 0.1) is 13.0 Å². The summed E-state index contributed by atoms with van der Waals surface area (Å²) >= 11 is 3.28. The molecule has 0 fully saturated rings. The van der Waals surface area contributed by atoms with E-state index in [1.54, 1.807) is 38.1 Å². The van der Waals surface area contributed by atoms with Crippen molar-refractivity contribution in [3.63, 3.8) is 0 Å². The molecular weight excluding hydrogens is 352 g/mol. The van der Waals surface area contributed by atoms with Gasteiger partial charge >= 0.3 is 5.97 Å². The van der Waals surface area contributed by atoms with Gasteiger partial charge in [0.25, 0.3) is 5.91 Å². The van der Waals surface area contributed by atoms with Crippen molar-refractivity contribution in [3.05, 3.63) is 34.3 Å². The zero-order chi connectivity index (χ0) is 16.7. The van der Waals surface area contributed by atoms with Crippen LogP contribution in [0.5, 0.6) is 0 Å². The van der Waals surface area contributed by atoms with E-state index >= 15 is 0 Å². The van der Waals surface area contributed by atoms with Gasteiger partial charge < -0.3 is 15.3 Å².